The molecule has 0 atom stereocenters. The highest BCUT2D eigenvalue weighted by atomic mass is 19.1. The molecule has 0 radical (unpaired) electrons. The smallest absolute Gasteiger partial charge is 0.220 e. The summed E-state index contributed by atoms with van der Waals surface area (Å²) in [5, 5.41) is 2.67. The van der Waals surface area contributed by atoms with Gasteiger partial charge in [0.2, 0.25) is 5.91 Å². The lowest BCUT2D eigenvalue weighted by atomic mass is 10.0. The maximum atomic E-state index is 13.7. The Hall–Kier alpha value is -1.52. The summed E-state index contributed by atoms with van der Waals surface area (Å²) in [5.41, 5.74) is -1.22. The summed E-state index contributed by atoms with van der Waals surface area (Å²) in [6, 6.07) is 1.29. The Labute approximate surface area is 110 Å². The van der Waals surface area contributed by atoms with Gasteiger partial charge in [-0.15, -0.1) is 0 Å². The van der Waals surface area contributed by atoms with Gasteiger partial charge < -0.3 is 5.32 Å². The minimum Gasteiger partial charge on any atom is -0.346 e. The van der Waals surface area contributed by atoms with Gasteiger partial charge >= 0.3 is 0 Å². The first-order chi connectivity index (χ1) is 8.84. The van der Waals surface area contributed by atoms with E-state index in [9.17, 15) is 18.0 Å². The first kappa shape index (κ1) is 13.9. The van der Waals surface area contributed by atoms with Crippen LogP contribution in [0.4, 0.5) is 13.2 Å². The zero-order valence-electron chi connectivity index (χ0n) is 10.9. The van der Waals surface area contributed by atoms with Crippen molar-refractivity contribution < 1.29 is 18.0 Å². The fourth-order valence-electron chi connectivity index (χ4n) is 2.25. The summed E-state index contributed by atoms with van der Waals surface area (Å²) in [5.74, 6) is -2.92. The predicted octanol–water partition coefficient (Wildman–Crippen LogP) is 3.26. The third kappa shape index (κ3) is 2.91. The molecule has 0 aromatic heterocycles. The van der Waals surface area contributed by atoms with Gasteiger partial charge in [-0.1, -0.05) is 13.8 Å². The fraction of sp³-hybridized carbons (Fsp3) is 0.500. The van der Waals surface area contributed by atoms with Gasteiger partial charge in [0.1, 0.15) is 17.5 Å². The summed E-state index contributed by atoms with van der Waals surface area (Å²) in [6.07, 6.45) is 1.23. The highest BCUT2D eigenvalue weighted by Crippen LogP contribution is 2.47. The molecule has 0 spiro atoms. The highest BCUT2D eigenvalue weighted by molar-refractivity contribution is 5.77. The van der Waals surface area contributed by atoms with Crippen LogP contribution in [0.15, 0.2) is 12.1 Å². The lowest BCUT2D eigenvalue weighted by Crippen LogP contribution is -2.36. The molecule has 1 aliphatic rings. The minimum atomic E-state index is -0.992. The van der Waals surface area contributed by atoms with Crippen molar-refractivity contribution in [3.05, 3.63) is 35.1 Å². The molecule has 1 amide bonds. The van der Waals surface area contributed by atoms with Crippen molar-refractivity contribution in [1.29, 1.82) is 0 Å². The molecule has 0 saturated heterocycles. The highest BCUT2D eigenvalue weighted by Gasteiger charge is 2.49. The molecule has 1 aromatic rings. The van der Waals surface area contributed by atoms with Gasteiger partial charge in [-0.05, 0) is 18.8 Å². The lowest BCUT2D eigenvalue weighted by Gasteiger charge is -2.20. The molecule has 1 N–H and O–H groups in total. The van der Waals surface area contributed by atoms with Crippen molar-refractivity contribution in [3.8, 4) is 0 Å². The third-order valence-corrected chi connectivity index (χ3v) is 3.21. The van der Waals surface area contributed by atoms with Crippen LogP contribution in [0.3, 0.4) is 0 Å². The molecule has 1 aromatic carbocycles. The second-order valence-electron chi connectivity index (χ2n) is 5.47. The summed E-state index contributed by atoms with van der Waals surface area (Å²) in [7, 11) is 0. The molecule has 1 fully saturated rings. The van der Waals surface area contributed by atoms with Crippen molar-refractivity contribution in [2.24, 2.45) is 5.92 Å². The first-order valence-corrected chi connectivity index (χ1v) is 6.30. The summed E-state index contributed by atoms with van der Waals surface area (Å²) in [4.78, 5) is 11.7. The van der Waals surface area contributed by atoms with Gasteiger partial charge in [-0.25, -0.2) is 13.2 Å². The van der Waals surface area contributed by atoms with Crippen molar-refractivity contribution in [3.63, 3.8) is 0 Å². The normalized spacial score (nSPS) is 16.5. The van der Waals surface area contributed by atoms with Gasteiger partial charge in [-0.3, -0.25) is 4.79 Å². The zero-order valence-corrected chi connectivity index (χ0v) is 10.9. The second kappa shape index (κ2) is 4.87. The molecule has 104 valence electrons. The van der Waals surface area contributed by atoms with Crippen LogP contribution in [0.25, 0.3) is 0 Å². The molecule has 2 nitrogen and oxygen atoms in total. The number of halogens is 3. The Morgan fingerprint density at radius 3 is 2.21 bits per heavy atom. The molecular weight excluding hydrogens is 255 g/mol. The van der Waals surface area contributed by atoms with Crippen LogP contribution in [0.2, 0.25) is 0 Å². The van der Waals surface area contributed by atoms with Gasteiger partial charge in [0.15, 0.2) is 0 Å². The molecule has 19 heavy (non-hydrogen) atoms. The summed E-state index contributed by atoms with van der Waals surface area (Å²) >= 11 is 0. The van der Waals surface area contributed by atoms with Crippen molar-refractivity contribution in [2.45, 2.75) is 38.6 Å². The van der Waals surface area contributed by atoms with Crippen LogP contribution in [-0.4, -0.2) is 5.91 Å². The molecule has 0 heterocycles. The third-order valence-electron chi connectivity index (χ3n) is 3.21. The van der Waals surface area contributed by atoms with Gasteiger partial charge in [0.05, 0.1) is 5.54 Å². The topological polar surface area (TPSA) is 29.1 Å². The fourth-order valence-corrected chi connectivity index (χ4v) is 2.25. The van der Waals surface area contributed by atoms with E-state index in [4.69, 9.17) is 0 Å². The van der Waals surface area contributed by atoms with Crippen LogP contribution in [0, 0.1) is 23.4 Å². The number of hydrogen-bond donors (Lipinski definition) is 1. The van der Waals surface area contributed by atoms with Crippen LogP contribution in [-0.2, 0) is 10.3 Å². The molecule has 0 bridgehead atoms. The van der Waals surface area contributed by atoms with E-state index in [1.807, 2.05) is 13.8 Å². The Morgan fingerprint density at radius 2 is 1.79 bits per heavy atom. The molecule has 1 saturated carbocycles. The van der Waals surface area contributed by atoms with Crippen LogP contribution in [0.1, 0.15) is 38.7 Å². The Kier molecular flexibility index (Phi) is 3.56. The van der Waals surface area contributed by atoms with Crippen LogP contribution in [0.5, 0.6) is 0 Å². The van der Waals surface area contributed by atoms with Crippen molar-refractivity contribution in [1.82, 2.24) is 5.32 Å². The van der Waals surface area contributed by atoms with Crippen LogP contribution < -0.4 is 5.32 Å². The van der Waals surface area contributed by atoms with Crippen molar-refractivity contribution in [2.75, 3.05) is 0 Å². The Balaban J connectivity index is 2.24. The SMILES string of the molecule is CC(C)CC(=O)NC1(c2c(F)cc(F)cc2F)CC1. The maximum Gasteiger partial charge on any atom is 0.220 e. The molecule has 5 heteroatoms. The van der Waals surface area contributed by atoms with E-state index in [-0.39, 0.29) is 17.4 Å². The molecule has 0 aliphatic heterocycles. The van der Waals surface area contributed by atoms with E-state index < -0.39 is 23.0 Å². The number of benzene rings is 1. The Bertz CT molecular complexity index is 486. The van der Waals surface area contributed by atoms with Crippen molar-refractivity contribution >= 4 is 5.91 Å². The monoisotopic (exact) mass is 271 g/mol. The van der Waals surface area contributed by atoms with E-state index >= 15 is 0 Å². The average molecular weight is 271 g/mol. The van der Waals surface area contributed by atoms with Gasteiger partial charge in [-0.2, -0.15) is 0 Å². The van der Waals surface area contributed by atoms with Crippen LogP contribution >= 0.6 is 0 Å². The van der Waals surface area contributed by atoms with E-state index in [1.165, 1.54) is 0 Å². The largest absolute Gasteiger partial charge is 0.346 e. The number of nitrogens with one attached hydrogen (secondary N) is 1. The molecular formula is C14H16F3NO. The number of rotatable bonds is 4. The number of hydrogen-bond acceptors (Lipinski definition) is 1. The first-order valence-electron chi connectivity index (χ1n) is 6.30. The van der Waals surface area contributed by atoms with Gasteiger partial charge in [0, 0.05) is 24.1 Å². The van der Waals surface area contributed by atoms with E-state index in [2.05, 4.69) is 5.32 Å². The molecule has 2 rings (SSSR count). The average Bonchev–Trinajstić information content (AvgIpc) is 2.94. The summed E-state index contributed by atoms with van der Waals surface area (Å²) < 4.78 is 40.3. The van der Waals surface area contributed by atoms with Gasteiger partial charge in [0.25, 0.3) is 0 Å². The Morgan fingerprint density at radius 1 is 1.26 bits per heavy atom. The van der Waals surface area contributed by atoms with E-state index in [0.717, 1.165) is 0 Å². The zero-order chi connectivity index (χ0) is 14.2. The number of amides is 1. The lowest BCUT2D eigenvalue weighted by molar-refractivity contribution is -0.122. The van der Waals surface area contributed by atoms with E-state index in [1.54, 1.807) is 0 Å². The maximum absolute atomic E-state index is 13.7. The second-order valence-corrected chi connectivity index (χ2v) is 5.47. The minimum absolute atomic E-state index is 0.165. The quantitative estimate of drug-likeness (QED) is 0.894. The summed E-state index contributed by atoms with van der Waals surface area (Å²) in [6.45, 7) is 3.77. The number of carbonyl (C=O) groups excluding carboxylic acids is 1. The standard InChI is InChI=1S/C14H16F3NO/c1-8(2)5-12(19)18-14(3-4-14)13-10(16)6-9(15)7-11(13)17/h6-8H,3-5H2,1-2H3,(H,18,19). The molecule has 0 unspecified atom stereocenters. The molecule has 1 aliphatic carbocycles. The van der Waals surface area contributed by atoms with E-state index in [0.29, 0.717) is 31.4 Å². The predicted molar refractivity (Wildman–Crippen MR) is 64.8 cm³/mol. The number of carbonyl (C=O) groups is 1.